The Bertz CT molecular complexity index is 1100. The van der Waals surface area contributed by atoms with Crippen molar-refractivity contribution in [3.8, 4) is 0 Å². The van der Waals surface area contributed by atoms with Gasteiger partial charge >= 0.3 is 0 Å². The number of piperazine rings is 1. The third-order valence-electron chi connectivity index (χ3n) is 6.63. The molecule has 0 spiro atoms. The Labute approximate surface area is 190 Å². The highest BCUT2D eigenvalue weighted by Crippen LogP contribution is 2.35. The lowest BCUT2D eigenvalue weighted by Crippen LogP contribution is -2.50. The Morgan fingerprint density at radius 3 is 2.19 bits per heavy atom. The molecule has 1 aliphatic heterocycles. The van der Waals surface area contributed by atoms with Gasteiger partial charge in [-0.3, -0.25) is 9.59 Å². The zero-order valence-corrected chi connectivity index (χ0v) is 19.5. The van der Waals surface area contributed by atoms with Crippen molar-refractivity contribution in [2.24, 2.45) is 0 Å². The first kappa shape index (κ1) is 22.1. The summed E-state index contributed by atoms with van der Waals surface area (Å²) in [6.07, 6.45) is 2.46. The Morgan fingerprint density at radius 1 is 0.938 bits per heavy atom. The van der Waals surface area contributed by atoms with Crippen LogP contribution in [0.2, 0.25) is 0 Å². The van der Waals surface area contributed by atoms with Gasteiger partial charge in [0, 0.05) is 62.5 Å². The topological polar surface area (TPSA) is 56.4 Å². The molecular weight excluding hydrogens is 398 g/mol. The van der Waals surface area contributed by atoms with Gasteiger partial charge in [-0.25, -0.2) is 0 Å². The molecule has 1 atom stereocenters. The van der Waals surface area contributed by atoms with Crippen LogP contribution in [-0.2, 0) is 15.0 Å². The van der Waals surface area contributed by atoms with Gasteiger partial charge in [0.05, 0.1) is 0 Å². The fraction of sp³-hybridized carbons (Fsp3) is 0.407. The van der Waals surface area contributed by atoms with E-state index < -0.39 is 0 Å². The molecule has 3 aromatic rings. The van der Waals surface area contributed by atoms with Crippen molar-refractivity contribution in [2.45, 2.75) is 45.4 Å². The fourth-order valence-corrected chi connectivity index (χ4v) is 4.58. The van der Waals surface area contributed by atoms with E-state index in [9.17, 15) is 9.59 Å². The van der Waals surface area contributed by atoms with E-state index in [4.69, 9.17) is 0 Å². The van der Waals surface area contributed by atoms with Gasteiger partial charge in [-0.15, -0.1) is 0 Å². The van der Waals surface area contributed by atoms with Crippen LogP contribution in [0.1, 0.15) is 56.7 Å². The third kappa shape index (κ3) is 4.57. The normalized spacial score (nSPS) is 15.8. The van der Waals surface area contributed by atoms with Crippen LogP contribution >= 0.6 is 0 Å². The van der Waals surface area contributed by atoms with Crippen molar-refractivity contribution >= 4 is 22.7 Å². The number of para-hydroxylation sites is 1. The maximum Gasteiger partial charge on any atom is 0.223 e. The van der Waals surface area contributed by atoms with Crippen molar-refractivity contribution < 1.29 is 9.59 Å². The Kier molecular flexibility index (Phi) is 6.09. The molecule has 0 aliphatic carbocycles. The van der Waals surface area contributed by atoms with Crippen molar-refractivity contribution in [1.29, 1.82) is 0 Å². The van der Waals surface area contributed by atoms with Crippen LogP contribution in [0.15, 0.2) is 54.7 Å². The maximum absolute atomic E-state index is 13.3. The number of H-pyrrole nitrogens is 1. The number of benzene rings is 2. The molecule has 1 aromatic heterocycles. The largest absolute Gasteiger partial charge is 0.361 e. The maximum atomic E-state index is 13.3. The highest BCUT2D eigenvalue weighted by molar-refractivity contribution is 5.86. The first-order valence-corrected chi connectivity index (χ1v) is 11.4. The fourth-order valence-electron chi connectivity index (χ4n) is 4.58. The molecule has 32 heavy (non-hydrogen) atoms. The zero-order chi connectivity index (χ0) is 22.9. The first-order valence-electron chi connectivity index (χ1n) is 11.4. The lowest BCUT2D eigenvalue weighted by Gasteiger charge is -2.35. The van der Waals surface area contributed by atoms with E-state index in [-0.39, 0.29) is 23.1 Å². The number of aromatic nitrogens is 1. The predicted molar refractivity (Wildman–Crippen MR) is 129 cm³/mol. The van der Waals surface area contributed by atoms with Gasteiger partial charge in [-0.2, -0.15) is 0 Å². The molecule has 2 heterocycles. The van der Waals surface area contributed by atoms with Crippen molar-refractivity contribution in [3.05, 3.63) is 71.4 Å². The number of amides is 2. The van der Waals surface area contributed by atoms with Crippen LogP contribution in [0.3, 0.4) is 0 Å². The number of aromatic amines is 1. The molecule has 1 fully saturated rings. The number of rotatable bonds is 4. The molecule has 0 unspecified atom stereocenters. The Balaban J connectivity index is 1.63. The number of nitrogens with zero attached hydrogens (tertiary/aromatic N) is 2. The number of hydrogen-bond acceptors (Lipinski definition) is 2. The predicted octanol–water partition coefficient (Wildman–Crippen LogP) is 4.68. The first-order chi connectivity index (χ1) is 15.2. The lowest BCUT2D eigenvalue weighted by molar-refractivity contribution is -0.138. The van der Waals surface area contributed by atoms with Crippen LogP contribution in [0.25, 0.3) is 10.9 Å². The van der Waals surface area contributed by atoms with Crippen LogP contribution < -0.4 is 0 Å². The molecule has 5 heteroatoms. The highest BCUT2D eigenvalue weighted by Gasteiger charge is 2.27. The van der Waals surface area contributed by atoms with Crippen LogP contribution in [0.4, 0.5) is 0 Å². The van der Waals surface area contributed by atoms with E-state index >= 15 is 0 Å². The molecule has 1 aliphatic rings. The Morgan fingerprint density at radius 2 is 1.56 bits per heavy atom. The standard InChI is InChI=1S/C27H33N3O2/c1-19(31)29-13-15-30(16-14-29)26(32)17-23(20-9-11-21(12-10-20)27(2,3)4)24-18-28-25-8-6-5-7-22(24)25/h5-12,18,23,28H,13-17H2,1-4H3/t23-/m0/s1. The number of carbonyl (C=O) groups excluding carboxylic acids is 2. The van der Waals surface area contributed by atoms with E-state index in [0.29, 0.717) is 32.6 Å². The summed E-state index contributed by atoms with van der Waals surface area (Å²) in [4.78, 5) is 32.1. The SMILES string of the molecule is CC(=O)N1CCN(C(=O)C[C@@H](c2ccc(C(C)(C)C)cc2)c2c[nH]c3ccccc23)CC1. The molecule has 168 valence electrons. The molecule has 2 amide bonds. The average Bonchev–Trinajstić information content (AvgIpc) is 3.21. The molecule has 1 saturated heterocycles. The third-order valence-corrected chi connectivity index (χ3v) is 6.63. The van der Waals surface area contributed by atoms with Crippen LogP contribution in [0, 0.1) is 0 Å². The molecule has 0 radical (unpaired) electrons. The van der Waals surface area contributed by atoms with Crippen molar-refractivity contribution in [3.63, 3.8) is 0 Å². The molecule has 2 aromatic carbocycles. The highest BCUT2D eigenvalue weighted by atomic mass is 16.2. The summed E-state index contributed by atoms with van der Waals surface area (Å²) < 4.78 is 0. The van der Waals surface area contributed by atoms with Gasteiger partial charge in [0.15, 0.2) is 0 Å². The molecule has 1 N–H and O–H groups in total. The summed E-state index contributed by atoms with van der Waals surface area (Å²) in [6, 6.07) is 17.0. The summed E-state index contributed by atoms with van der Waals surface area (Å²) in [7, 11) is 0. The molecule has 0 bridgehead atoms. The number of nitrogens with one attached hydrogen (secondary N) is 1. The minimum atomic E-state index is -0.0292. The summed E-state index contributed by atoms with van der Waals surface area (Å²) in [5, 5.41) is 1.16. The average molecular weight is 432 g/mol. The van der Waals surface area contributed by atoms with Gasteiger partial charge < -0.3 is 14.8 Å². The minimum Gasteiger partial charge on any atom is -0.361 e. The smallest absolute Gasteiger partial charge is 0.223 e. The second-order valence-electron chi connectivity index (χ2n) is 9.81. The van der Waals surface area contributed by atoms with E-state index in [1.165, 1.54) is 5.56 Å². The number of hydrogen-bond donors (Lipinski definition) is 1. The lowest BCUT2D eigenvalue weighted by atomic mass is 9.83. The summed E-state index contributed by atoms with van der Waals surface area (Å²) in [6.45, 7) is 10.6. The van der Waals surface area contributed by atoms with Gasteiger partial charge in [0.1, 0.15) is 0 Å². The quantitative estimate of drug-likeness (QED) is 0.652. The second-order valence-corrected chi connectivity index (χ2v) is 9.81. The van der Waals surface area contributed by atoms with E-state index in [2.05, 4.69) is 62.2 Å². The summed E-state index contributed by atoms with van der Waals surface area (Å²) >= 11 is 0. The van der Waals surface area contributed by atoms with Gasteiger partial charge in [-0.1, -0.05) is 63.2 Å². The van der Waals surface area contributed by atoms with E-state index in [1.54, 1.807) is 6.92 Å². The Hall–Kier alpha value is -3.08. The number of fused-ring (bicyclic) bond motifs is 1. The van der Waals surface area contributed by atoms with Crippen LogP contribution in [0.5, 0.6) is 0 Å². The van der Waals surface area contributed by atoms with Gasteiger partial charge in [0.25, 0.3) is 0 Å². The van der Waals surface area contributed by atoms with Crippen molar-refractivity contribution in [1.82, 2.24) is 14.8 Å². The summed E-state index contributed by atoms with van der Waals surface area (Å²) in [5.74, 6) is 0.189. The molecular formula is C27H33N3O2. The minimum absolute atomic E-state index is 0.0292. The molecule has 5 nitrogen and oxygen atoms in total. The van der Waals surface area contributed by atoms with E-state index in [1.807, 2.05) is 28.1 Å². The van der Waals surface area contributed by atoms with Gasteiger partial charge in [0.2, 0.25) is 11.8 Å². The monoisotopic (exact) mass is 431 g/mol. The molecule has 0 saturated carbocycles. The van der Waals surface area contributed by atoms with Crippen molar-refractivity contribution in [2.75, 3.05) is 26.2 Å². The second kappa shape index (κ2) is 8.81. The van der Waals surface area contributed by atoms with Gasteiger partial charge in [-0.05, 0) is 28.2 Å². The van der Waals surface area contributed by atoms with Crippen LogP contribution in [-0.4, -0.2) is 52.8 Å². The zero-order valence-electron chi connectivity index (χ0n) is 19.5. The number of carbonyl (C=O) groups is 2. The van der Waals surface area contributed by atoms with E-state index in [0.717, 1.165) is 22.0 Å². The summed E-state index contributed by atoms with van der Waals surface area (Å²) in [5.41, 5.74) is 4.76. The molecule has 4 rings (SSSR count).